The summed E-state index contributed by atoms with van der Waals surface area (Å²) in [4.78, 5) is 22.7. The Morgan fingerprint density at radius 2 is 1.78 bits per heavy atom. The van der Waals surface area contributed by atoms with Crippen molar-refractivity contribution in [3.63, 3.8) is 0 Å². The van der Waals surface area contributed by atoms with Crippen LogP contribution in [0.2, 0.25) is 0 Å². The number of hydrogen-bond donors (Lipinski definition) is 3. The van der Waals surface area contributed by atoms with Crippen LogP contribution in [0.1, 0.15) is 41.0 Å². The molecular weight excluding hydrogens is 232 g/mol. The molecule has 18 heavy (non-hydrogen) atoms. The lowest BCUT2D eigenvalue weighted by molar-refractivity contribution is 0.0854. The highest BCUT2D eigenvalue weighted by atomic mass is 16.3. The molecule has 0 fully saturated rings. The normalized spacial score (nSPS) is 13.7. The van der Waals surface area contributed by atoms with Gasteiger partial charge in [-0.1, -0.05) is 6.92 Å². The molecule has 5 nitrogen and oxygen atoms in total. The molecule has 0 aromatic heterocycles. The fraction of sp³-hybridized carbons (Fsp3) is 0.385. The molecule has 0 saturated carbocycles. The van der Waals surface area contributed by atoms with E-state index in [0.717, 1.165) is 0 Å². The molecule has 0 spiro atoms. The molecule has 0 unspecified atom stereocenters. The van der Waals surface area contributed by atoms with E-state index >= 15 is 0 Å². The molecule has 2 atom stereocenters. The Labute approximate surface area is 106 Å². The summed E-state index contributed by atoms with van der Waals surface area (Å²) in [6.45, 7) is 3.51. The lowest BCUT2D eigenvalue weighted by Gasteiger charge is -2.19. The quantitative estimate of drug-likeness (QED) is 0.717. The first-order chi connectivity index (χ1) is 8.45. The minimum Gasteiger partial charge on any atom is -0.391 e. The van der Waals surface area contributed by atoms with Gasteiger partial charge in [0.2, 0.25) is 5.91 Å². The Bertz CT molecular complexity index is 426. The number of aliphatic hydroxyl groups excluding tert-OH is 1. The highest BCUT2D eigenvalue weighted by molar-refractivity contribution is 5.97. The number of primary amides is 1. The van der Waals surface area contributed by atoms with Crippen LogP contribution in [-0.2, 0) is 0 Å². The number of carbonyl (C=O) groups is 2. The van der Waals surface area contributed by atoms with Gasteiger partial charge in [-0.25, -0.2) is 0 Å². The van der Waals surface area contributed by atoms with E-state index in [-0.39, 0.29) is 11.9 Å². The van der Waals surface area contributed by atoms with Gasteiger partial charge in [-0.3, -0.25) is 9.59 Å². The Hall–Kier alpha value is -1.88. The van der Waals surface area contributed by atoms with Gasteiger partial charge in [0.05, 0.1) is 12.1 Å². The minimum absolute atomic E-state index is 0.279. The number of hydrogen-bond acceptors (Lipinski definition) is 3. The molecular formula is C13H18N2O3. The minimum atomic E-state index is -0.608. The zero-order valence-corrected chi connectivity index (χ0v) is 10.5. The summed E-state index contributed by atoms with van der Waals surface area (Å²) in [5, 5.41) is 12.2. The van der Waals surface area contributed by atoms with E-state index < -0.39 is 12.0 Å². The van der Waals surface area contributed by atoms with Gasteiger partial charge in [0, 0.05) is 11.1 Å². The van der Waals surface area contributed by atoms with Crippen LogP contribution in [0.5, 0.6) is 0 Å². The fourth-order valence-corrected chi connectivity index (χ4v) is 1.60. The van der Waals surface area contributed by atoms with Gasteiger partial charge in [0.1, 0.15) is 0 Å². The maximum Gasteiger partial charge on any atom is 0.251 e. The number of carbonyl (C=O) groups excluding carboxylic acids is 2. The molecule has 1 aromatic rings. The first-order valence-corrected chi connectivity index (χ1v) is 5.84. The van der Waals surface area contributed by atoms with Crippen LogP contribution >= 0.6 is 0 Å². The maximum absolute atomic E-state index is 11.9. The first-order valence-electron chi connectivity index (χ1n) is 5.84. The Balaban J connectivity index is 2.75. The summed E-state index contributed by atoms with van der Waals surface area (Å²) >= 11 is 0. The van der Waals surface area contributed by atoms with Crippen molar-refractivity contribution in [2.45, 2.75) is 32.4 Å². The van der Waals surface area contributed by atoms with Crippen LogP contribution in [0.3, 0.4) is 0 Å². The number of nitrogens with one attached hydrogen (secondary N) is 1. The predicted octanol–water partition coefficient (Wildman–Crippen LogP) is 0.675. The molecule has 0 heterocycles. The second kappa shape index (κ2) is 6.16. The zero-order chi connectivity index (χ0) is 13.7. The van der Waals surface area contributed by atoms with E-state index in [2.05, 4.69) is 5.32 Å². The van der Waals surface area contributed by atoms with E-state index in [0.29, 0.717) is 17.5 Å². The van der Waals surface area contributed by atoms with Gasteiger partial charge in [0.25, 0.3) is 5.91 Å². The Morgan fingerprint density at radius 1 is 1.28 bits per heavy atom. The molecule has 0 radical (unpaired) electrons. The third-order valence-corrected chi connectivity index (χ3v) is 2.77. The summed E-state index contributed by atoms with van der Waals surface area (Å²) in [5.74, 6) is -0.809. The monoisotopic (exact) mass is 250 g/mol. The fourth-order valence-electron chi connectivity index (χ4n) is 1.60. The van der Waals surface area contributed by atoms with E-state index in [4.69, 9.17) is 5.73 Å². The lowest BCUT2D eigenvalue weighted by Crippen LogP contribution is -2.41. The average Bonchev–Trinajstić information content (AvgIpc) is 2.35. The Kier molecular flexibility index (Phi) is 4.85. The van der Waals surface area contributed by atoms with Crippen LogP contribution < -0.4 is 11.1 Å². The molecule has 2 amide bonds. The average molecular weight is 250 g/mol. The standard InChI is InChI=1S/C13H18N2O3/c1-3-11(8(2)16)15-13(18)10-6-4-9(5-7-10)12(14)17/h4-8,11,16H,3H2,1-2H3,(H2,14,17)(H,15,18)/t8-,11+/m1/s1. The van der Waals surface area contributed by atoms with Crippen molar-refractivity contribution in [3.8, 4) is 0 Å². The van der Waals surface area contributed by atoms with Crippen molar-refractivity contribution >= 4 is 11.8 Å². The van der Waals surface area contributed by atoms with Crippen molar-refractivity contribution in [3.05, 3.63) is 35.4 Å². The van der Waals surface area contributed by atoms with Crippen molar-refractivity contribution in [1.82, 2.24) is 5.32 Å². The molecule has 0 aliphatic heterocycles. The van der Waals surface area contributed by atoms with Crippen molar-refractivity contribution in [1.29, 1.82) is 0 Å². The van der Waals surface area contributed by atoms with Gasteiger partial charge in [0.15, 0.2) is 0 Å². The van der Waals surface area contributed by atoms with E-state index in [9.17, 15) is 14.7 Å². The number of benzene rings is 1. The molecule has 0 saturated heterocycles. The summed E-state index contributed by atoms with van der Waals surface area (Å²) in [6.07, 6.45) is 0.0341. The molecule has 1 aromatic carbocycles. The topological polar surface area (TPSA) is 92.4 Å². The van der Waals surface area contributed by atoms with Crippen LogP contribution in [-0.4, -0.2) is 29.1 Å². The molecule has 0 bridgehead atoms. The number of nitrogens with two attached hydrogens (primary N) is 1. The van der Waals surface area contributed by atoms with Crippen LogP contribution in [0.25, 0.3) is 0 Å². The summed E-state index contributed by atoms with van der Waals surface area (Å²) in [6, 6.07) is 5.78. The largest absolute Gasteiger partial charge is 0.391 e. The van der Waals surface area contributed by atoms with Gasteiger partial charge in [-0.15, -0.1) is 0 Å². The third-order valence-electron chi connectivity index (χ3n) is 2.77. The first kappa shape index (κ1) is 14.2. The maximum atomic E-state index is 11.9. The summed E-state index contributed by atoms with van der Waals surface area (Å²) in [5.41, 5.74) is 5.89. The molecule has 0 aliphatic rings. The molecule has 4 N–H and O–H groups in total. The van der Waals surface area contributed by atoms with E-state index in [1.54, 1.807) is 6.92 Å². The van der Waals surface area contributed by atoms with Crippen molar-refractivity contribution in [2.75, 3.05) is 0 Å². The van der Waals surface area contributed by atoms with Crippen molar-refractivity contribution < 1.29 is 14.7 Å². The highest BCUT2D eigenvalue weighted by Crippen LogP contribution is 2.06. The third kappa shape index (κ3) is 3.56. The molecule has 1 rings (SSSR count). The van der Waals surface area contributed by atoms with Gasteiger partial charge in [-0.05, 0) is 37.6 Å². The van der Waals surface area contributed by atoms with Crippen LogP contribution in [0.15, 0.2) is 24.3 Å². The molecule has 0 aliphatic carbocycles. The predicted molar refractivity (Wildman–Crippen MR) is 68.2 cm³/mol. The van der Waals surface area contributed by atoms with Crippen LogP contribution in [0, 0.1) is 0 Å². The van der Waals surface area contributed by atoms with E-state index in [1.165, 1.54) is 24.3 Å². The second-order valence-electron chi connectivity index (χ2n) is 4.17. The summed E-state index contributed by atoms with van der Waals surface area (Å²) < 4.78 is 0. The smallest absolute Gasteiger partial charge is 0.251 e. The number of aliphatic hydroxyl groups is 1. The zero-order valence-electron chi connectivity index (χ0n) is 10.5. The molecule has 98 valence electrons. The van der Waals surface area contributed by atoms with Gasteiger partial charge in [-0.2, -0.15) is 0 Å². The SMILES string of the molecule is CC[C@H](NC(=O)c1ccc(C(N)=O)cc1)[C@@H](C)O. The lowest BCUT2D eigenvalue weighted by atomic mass is 10.1. The van der Waals surface area contributed by atoms with Gasteiger partial charge < -0.3 is 16.2 Å². The summed E-state index contributed by atoms with van der Waals surface area (Å²) in [7, 11) is 0. The number of rotatable bonds is 5. The highest BCUT2D eigenvalue weighted by Gasteiger charge is 2.16. The molecule has 5 heteroatoms. The second-order valence-corrected chi connectivity index (χ2v) is 4.17. The number of amides is 2. The Morgan fingerprint density at radius 3 is 2.17 bits per heavy atom. The van der Waals surface area contributed by atoms with E-state index in [1.807, 2.05) is 6.92 Å². The van der Waals surface area contributed by atoms with Gasteiger partial charge >= 0.3 is 0 Å². The van der Waals surface area contributed by atoms with Crippen molar-refractivity contribution in [2.24, 2.45) is 5.73 Å². The van der Waals surface area contributed by atoms with Crippen LogP contribution in [0.4, 0.5) is 0 Å².